The number of carbonyl (C=O) groups excluding carboxylic acids is 1. The van der Waals surface area contributed by atoms with Gasteiger partial charge < -0.3 is 9.80 Å². The monoisotopic (exact) mass is 510 g/mol. The minimum atomic E-state index is 0.200. The quantitative estimate of drug-likeness (QED) is 0.101. The van der Waals surface area contributed by atoms with Crippen molar-refractivity contribution >= 4 is 17.7 Å². The normalized spacial score (nSPS) is 16.0. The molecule has 4 heteroatoms. The lowest BCUT2D eigenvalue weighted by atomic mass is 9.80. The van der Waals surface area contributed by atoms with Crippen molar-refractivity contribution in [2.45, 2.75) is 130 Å². The standard InChI is InChI=1S/C31H62N2OS/c1-10-15-17-18-22-31(7,20-13-4)27-35-28(25-32(8)9)24-29(34)33(23-14-5)26-30(6,19-12-3)21-16-11-2/h14,28H,5,10-13,15-27H2,1-4,6-9H3. The van der Waals surface area contributed by atoms with Gasteiger partial charge in [-0.05, 0) is 56.4 Å². The van der Waals surface area contributed by atoms with Crippen molar-refractivity contribution in [1.29, 1.82) is 0 Å². The molecular weight excluding hydrogens is 448 g/mol. The summed E-state index contributed by atoms with van der Waals surface area (Å²) >= 11 is 2.05. The Bertz CT molecular complexity index is 552. The SMILES string of the molecule is C=CCN(CC(C)(CCC)CCCC)C(=O)CC(CN(C)C)SCC(C)(CCC)CCCCCC. The minimum absolute atomic E-state index is 0.200. The number of hydrogen-bond acceptors (Lipinski definition) is 3. The molecule has 0 aliphatic rings. The number of hydrogen-bond donors (Lipinski definition) is 0. The van der Waals surface area contributed by atoms with Gasteiger partial charge in [0.05, 0.1) is 0 Å². The fourth-order valence-electron chi connectivity index (χ4n) is 5.44. The van der Waals surface area contributed by atoms with Gasteiger partial charge in [0.1, 0.15) is 0 Å². The topological polar surface area (TPSA) is 23.6 Å². The van der Waals surface area contributed by atoms with Crippen LogP contribution in [0.2, 0.25) is 0 Å². The van der Waals surface area contributed by atoms with Crippen LogP contribution in [-0.4, -0.2) is 60.4 Å². The third kappa shape index (κ3) is 16.1. The van der Waals surface area contributed by atoms with E-state index in [4.69, 9.17) is 0 Å². The van der Waals surface area contributed by atoms with Crippen LogP contribution in [0.4, 0.5) is 0 Å². The second-order valence-corrected chi connectivity index (χ2v) is 13.3. The summed E-state index contributed by atoms with van der Waals surface area (Å²) in [6.07, 6.45) is 17.7. The van der Waals surface area contributed by atoms with Crippen molar-refractivity contribution in [2.24, 2.45) is 10.8 Å². The lowest BCUT2D eigenvalue weighted by Crippen LogP contribution is -2.42. The second-order valence-electron chi connectivity index (χ2n) is 12.0. The lowest BCUT2D eigenvalue weighted by molar-refractivity contribution is -0.132. The summed E-state index contributed by atoms with van der Waals surface area (Å²) in [5.74, 6) is 1.47. The maximum absolute atomic E-state index is 13.6. The third-order valence-electron chi connectivity index (χ3n) is 7.39. The molecule has 0 heterocycles. The molecule has 0 aliphatic carbocycles. The molecule has 0 aromatic carbocycles. The molecule has 208 valence electrons. The molecule has 35 heavy (non-hydrogen) atoms. The zero-order valence-electron chi connectivity index (χ0n) is 25.1. The summed E-state index contributed by atoms with van der Waals surface area (Å²) in [6.45, 7) is 20.4. The van der Waals surface area contributed by atoms with Gasteiger partial charge in [-0.15, -0.1) is 6.58 Å². The zero-order chi connectivity index (χ0) is 26.7. The Morgan fingerprint density at radius 1 is 0.857 bits per heavy atom. The lowest BCUT2D eigenvalue weighted by Gasteiger charge is -2.36. The number of carbonyl (C=O) groups is 1. The first kappa shape index (κ1) is 34.5. The summed E-state index contributed by atoms with van der Waals surface area (Å²) in [5.41, 5.74) is 0.577. The second kappa shape index (κ2) is 19.6. The van der Waals surface area contributed by atoms with E-state index in [1.807, 2.05) is 6.08 Å². The van der Waals surface area contributed by atoms with Gasteiger partial charge in [0.25, 0.3) is 0 Å². The number of amides is 1. The Morgan fingerprint density at radius 2 is 1.46 bits per heavy atom. The molecule has 0 rings (SSSR count). The van der Waals surface area contributed by atoms with Crippen molar-refractivity contribution in [1.82, 2.24) is 9.80 Å². The minimum Gasteiger partial charge on any atom is -0.338 e. The van der Waals surface area contributed by atoms with Crippen LogP contribution in [0.15, 0.2) is 12.7 Å². The van der Waals surface area contributed by atoms with E-state index in [1.54, 1.807) is 0 Å². The highest BCUT2D eigenvalue weighted by atomic mass is 32.2. The van der Waals surface area contributed by atoms with Crippen LogP contribution in [0.3, 0.4) is 0 Å². The summed E-state index contributed by atoms with van der Waals surface area (Å²) in [5, 5.41) is 0.338. The fourth-order valence-corrected chi connectivity index (χ4v) is 7.03. The van der Waals surface area contributed by atoms with Crippen molar-refractivity contribution in [3.05, 3.63) is 12.7 Å². The van der Waals surface area contributed by atoms with Crippen molar-refractivity contribution in [3.8, 4) is 0 Å². The molecule has 3 atom stereocenters. The molecule has 3 nitrogen and oxygen atoms in total. The smallest absolute Gasteiger partial charge is 0.224 e. The molecule has 0 saturated heterocycles. The molecule has 0 bridgehead atoms. The molecule has 0 N–H and O–H groups in total. The molecule has 0 spiro atoms. The van der Waals surface area contributed by atoms with Crippen LogP contribution in [0.1, 0.15) is 125 Å². The summed E-state index contributed by atoms with van der Waals surface area (Å²) < 4.78 is 0. The van der Waals surface area contributed by atoms with Crippen molar-refractivity contribution in [3.63, 3.8) is 0 Å². The van der Waals surface area contributed by atoms with Gasteiger partial charge in [-0.2, -0.15) is 11.8 Å². The van der Waals surface area contributed by atoms with E-state index in [2.05, 4.69) is 83.8 Å². The van der Waals surface area contributed by atoms with E-state index in [9.17, 15) is 4.79 Å². The average Bonchev–Trinajstić information content (AvgIpc) is 2.79. The zero-order valence-corrected chi connectivity index (χ0v) is 25.9. The first-order valence-electron chi connectivity index (χ1n) is 14.7. The van der Waals surface area contributed by atoms with Crippen LogP contribution in [0.5, 0.6) is 0 Å². The number of nitrogens with zero attached hydrogens (tertiary/aromatic N) is 2. The van der Waals surface area contributed by atoms with Gasteiger partial charge >= 0.3 is 0 Å². The maximum atomic E-state index is 13.6. The predicted octanol–water partition coefficient (Wildman–Crippen LogP) is 8.83. The van der Waals surface area contributed by atoms with E-state index in [1.165, 1.54) is 77.0 Å². The predicted molar refractivity (Wildman–Crippen MR) is 161 cm³/mol. The molecule has 0 aromatic rings. The number of thioether (sulfide) groups is 1. The van der Waals surface area contributed by atoms with Gasteiger partial charge in [0, 0.05) is 31.3 Å². The first-order chi connectivity index (χ1) is 16.6. The molecule has 0 radical (unpaired) electrons. The van der Waals surface area contributed by atoms with Gasteiger partial charge in [0.15, 0.2) is 0 Å². The Balaban J connectivity index is 5.34. The Kier molecular flexibility index (Phi) is 19.3. The van der Waals surface area contributed by atoms with Crippen molar-refractivity contribution in [2.75, 3.05) is 39.5 Å². The van der Waals surface area contributed by atoms with E-state index in [-0.39, 0.29) is 5.41 Å². The van der Waals surface area contributed by atoms with E-state index < -0.39 is 0 Å². The Hall–Kier alpha value is -0.480. The maximum Gasteiger partial charge on any atom is 0.224 e. The number of unbranched alkanes of at least 4 members (excludes halogenated alkanes) is 4. The van der Waals surface area contributed by atoms with Crippen LogP contribution in [0.25, 0.3) is 0 Å². The molecule has 0 aromatic heterocycles. The highest BCUT2D eigenvalue weighted by Gasteiger charge is 2.30. The average molecular weight is 511 g/mol. The van der Waals surface area contributed by atoms with Crippen LogP contribution < -0.4 is 0 Å². The summed E-state index contributed by atoms with van der Waals surface area (Å²) in [4.78, 5) is 18.0. The molecule has 1 amide bonds. The molecule has 0 saturated carbocycles. The fraction of sp³-hybridized carbons (Fsp3) is 0.903. The first-order valence-corrected chi connectivity index (χ1v) is 15.8. The Morgan fingerprint density at radius 3 is 2.00 bits per heavy atom. The largest absolute Gasteiger partial charge is 0.338 e. The van der Waals surface area contributed by atoms with Crippen molar-refractivity contribution < 1.29 is 4.79 Å². The highest BCUT2D eigenvalue weighted by Crippen LogP contribution is 2.36. The van der Waals surface area contributed by atoms with Crippen LogP contribution >= 0.6 is 11.8 Å². The van der Waals surface area contributed by atoms with E-state index in [0.29, 0.717) is 29.5 Å². The molecule has 3 unspecified atom stereocenters. The van der Waals surface area contributed by atoms with Gasteiger partial charge in [-0.25, -0.2) is 0 Å². The third-order valence-corrected chi connectivity index (χ3v) is 9.04. The van der Waals surface area contributed by atoms with Gasteiger partial charge in [-0.3, -0.25) is 4.79 Å². The molecule has 0 fully saturated rings. The van der Waals surface area contributed by atoms with Crippen LogP contribution in [0, 0.1) is 10.8 Å². The summed E-state index contributed by atoms with van der Waals surface area (Å²) in [6, 6.07) is 0. The van der Waals surface area contributed by atoms with Crippen LogP contribution in [-0.2, 0) is 4.79 Å². The summed E-state index contributed by atoms with van der Waals surface area (Å²) in [7, 11) is 4.27. The highest BCUT2D eigenvalue weighted by molar-refractivity contribution is 8.00. The Labute approximate surface area is 225 Å². The molecular formula is C31H62N2OS. The molecule has 0 aliphatic heterocycles. The van der Waals surface area contributed by atoms with Gasteiger partial charge in [-0.1, -0.05) is 99.0 Å². The van der Waals surface area contributed by atoms with E-state index >= 15 is 0 Å². The van der Waals surface area contributed by atoms with E-state index in [0.717, 1.165) is 18.8 Å². The van der Waals surface area contributed by atoms with Gasteiger partial charge in [0.2, 0.25) is 5.91 Å². The number of rotatable bonds is 23.